The first-order chi connectivity index (χ1) is 10.9. The van der Waals surface area contributed by atoms with Crippen molar-refractivity contribution in [3.05, 3.63) is 22.8 Å². The van der Waals surface area contributed by atoms with Gasteiger partial charge in [-0.05, 0) is 13.0 Å². The number of alkyl halides is 3. The number of pyridine rings is 1. The van der Waals surface area contributed by atoms with Crippen LogP contribution in [0.5, 0.6) is 5.88 Å². The Bertz CT molecular complexity index is 590. The van der Waals surface area contributed by atoms with E-state index in [2.05, 4.69) is 26.5 Å². The van der Waals surface area contributed by atoms with E-state index in [9.17, 15) is 13.2 Å². The van der Waals surface area contributed by atoms with Crippen LogP contribution in [0.15, 0.2) is 17.3 Å². The Labute approximate surface area is 160 Å². The van der Waals surface area contributed by atoms with Crippen molar-refractivity contribution in [1.82, 2.24) is 15.6 Å². The highest BCUT2D eigenvalue weighted by Crippen LogP contribution is 2.32. The molecule has 0 aromatic carbocycles. The molecule has 1 rings (SSSR count). The first-order valence-electron chi connectivity index (χ1n) is 6.69. The van der Waals surface area contributed by atoms with Gasteiger partial charge in [-0.3, -0.25) is 0 Å². The predicted molar refractivity (Wildman–Crippen MR) is 98.0 cm³/mol. The minimum absolute atomic E-state index is 0. The van der Waals surface area contributed by atoms with Gasteiger partial charge >= 0.3 is 6.18 Å². The summed E-state index contributed by atoms with van der Waals surface area (Å²) >= 11 is 5.73. The number of halogens is 5. The van der Waals surface area contributed by atoms with Crippen LogP contribution in [0.25, 0.3) is 0 Å². The molecule has 1 heterocycles. The molecule has 0 aliphatic rings. The van der Waals surface area contributed by atoms with Crippen molar-refractivity contribution in [2.24, 2.45) is 4.99 Å². The van der Waals surface area contributed by atoms with Crippen LogP contribution >= 0.6 is 35.6 Å². The van der Waals surface area contributed by atoms with Crippen LogP contribution in [0.2, 0.25) is 5.02 Å². The lowest BCUT2D eigenvalue weighted by atomic mass is 10.3. The number of ether oxygens (including phenoxy) is 1. The predicted octanol–water partition coefficient (Wildman–Crippen LogP) is 2.94. The Hall–Kier alpha value is -1.41. The lowest BCUT2D eigenvalue weighted by molar-refractivity contribution is -0.137. The van der Waals surface area contributed by atoms with E-state index in [-0.39, 0.29) is 48.0 Å². The van der Waals surface area contributed by atoms with Gasteiger partial charge < -0.3 is 15.4 Å². The Kier molecular flexibility index (Phi) is 10.5. The van der Waals surface area contributed by atoms with Gasteiger partial charge in [0.05, 0.1) is 18.7 Å². The highest BCUT2D eigenvalue weighted by molar-refractivity contribution is 14.0. The summed E-state index contributed by atoms with van der Waals surface area (Å²) in [5.74, 6) is 2.86. The third-order valence-corrected chi connectivity index (χ3v) is 2.71. The van der Waals surface area contributed by atoms with Crippen molar-refractivity contribution in [3.63, 3.8) is 0 Å². The molecule has 0 spiro atoms. The van der Waals surface area contributed by atoms with Gasteiger partial charge in [0.25, 0.3) is 0 Å². The summed E-state index contributed by atoms with van der Waals surface area (Å²) in [4.78, 5) is 7.74. The fourth-order valence-electron chi connectivity index (χ4n) is 1.46. The van der Waals surface area contributed by atoms with Crippen molar-refractivity contribution in [3.8, 4) is 18.2 Å². The number of nitrogens with zero attached hydrogens (tertiary/aromatic N) is 2. The van der Waals surface area contributed by atoms with E-state index in [0.717, 1.165) is 6.07 Å². The monoisotopic (exact) mass is 476 g/mol. The highest BCUT2D eigenvalue weighted by atomic mass is 127. The largest absolute Gasteiger partial charge is 0.475 e. The molecule has 0 unspecified atom stereocenters. The van der Waals surface area contributed by atoms with E-state index >= 15 is 0 Å². The van der Waals surface area contributed by atoms with E-state index in [1.165, 1.54) is 0 Å². The van der Waals surface area contributed by atoms with Gasteiger partial charge in [0.15, 0.2) is 5.96 Å². The second-order valence-corrected chi connectivity index (χ2v) is 4.58. The third kappa shape index (κ3) is 7.92. The SMILES string of the molecule is C#CCNC(=NCCOc1ncc(C(F)(F)F)cc1Cl)NCC.I. The summed E-state index contributed by atoms with van der Waals surface area (Å²) in [6.07, 6.45) is 1.31. The van der Waals surface area contributed by atoms with Gasteiger partial charge in [-0.2, -0.15) is 13.2 Å². The van der Waals surface area contributed by atoms with Crippen LogP contribution in [0.3, 0.4) is 0 Å². The van der Waals surface area contributed by atoms with Crippen LogP contribution in [-0.4, -0.2) is 37.2 Å². The molecule has 2 N–H and O–H groups in total. The molecule has 0 fully saturated rings. The zero-order valence-electron chi connectivity index (χ0n) is 12.8. The maximum absolute atomic E-state index is 12.5. The Morgan fingerprint density at radius 3 is 2.71 bits per heavy atom. The van der Waals surface area contributed by atoms with Crippen molar-refractivity contribution in [2.75, 3.05) is 26.2 Å². The molecule has 0 aliphatic heterocycles. The molecule has 24 heavy (non-hydrogen) atoms. The molecule has 0 saturated carbocycles. The number of nitrogens with one attached hydrogen (secondary N) is 2. The summed E-state index contributed by atoms with van der Waals surface area (Å²) in [7, 11) is 0. The summed E-state index contributed by atoms with van der Waals surface area (Å²) in [6.45, 7) is 3.22. The number of aliphatic imine (C=N–C) groups is 1. The van der Waals surface area contributed by atoms with Gasteiger partial charge in [-0.25, -0.2) is 9.98 Å². The standard InChI is InChI=1S/C14H16ClF3N4O.HI/c1-3-5-20-13(19-4-2)21-6-7-23-12-11(15)8-10(9-22-12)14(16,17)18;/h1,8-9H,4-7H2,2H3,(H2,19,20,21);1H. The van der Waals surface area contributed by atoms with Crippen LogP contribution in [-0.2, 0) is 6.18 Å². The number of aromatic nitrogens is 1. The summed E-state index contributed by atoms with van der Waals surface area (Å²) in [5, 5.41) is 5.65. The first kappa shape index (κ1) is 22.6. The molecule has 0 aliphatic carbocycles. The minimum atomic E-state index is -4.50. The average Bonchev–Trinajstić information content (AvgIpc) is 2.49. The first-order valence-corrected chi connectivity index (χ1v) is 7.07. The van der Waals surface area contributed by atoms with Crippen LogP contribution in [0, 0.1) is 12.3 Å². The van der Waals surface area contributed by atoms with Gasteiger partial charge in [0.2, 0.25) is 5.88 Å². The van der Waals surface area contributed by atoms with Gasteiger partial charge in [0, 0.05) is 12.7 Å². The number of terminal acetylenes is 1. The van der Waals surface area contributed by atoms with Crippen LogP contribution in [0.1, 0.15) is 12.5 Å². The van der Waals surface area contributed by atoms with E-state index in [0.29, 0.717) is 25.2 Å². The fourth-order valence-corrected chi connectivity index (χ4v) is 1.68. The topological polar surface area (TPSA) is 58.5 Å². The van der Waals surface area contributed by atoms with Crippen molar-refractivity contribution < 1.29 is 17.9 Å². The highest BCUT2D eigenvalue weighted by Gasteiger charge is 2.31. The lowest BCUT2D eigenvalue weighted by Crippen LogP contribution is -2.37. The van der Waals surface area contributed by atoms with Gasteiger partial charge in [-0.15, -0.1) is 30.4 Å². The number of hydrogen-bond acceptors (Lipinski definition) is 3. The second kappa shape index (κ2) is 11.2. The molecular formula is C14H17ClF3IN4O. The molecule has 1 aromatic rings. The zero-order valence-corrected chi connectivity index (χ0v) is 15.9. The van der Waals surface area contributed by atoms with E-state index in [4.69, 9.17) is 22.8 Å². The van der Waals surface area contributed by atoms with Gasteiger partial charge in [-0.1, -0.05) is 17.5 Å². The maximum atomic E-state index is 12.5. The lowest BCUT2D eigenvalue weighted by Gasteiger charge is -2.11. The average molecular weight is 477 g/mol. The molecule has 0 radical (unpaired) electrons. The molecule has 10 heteroatoms. The van der Waals surface area contributed by atoms with Crippen molar-refractivity contribution >= 4 is 41.5 Å². The Morgan fingerprint density at radius 2 is 2.17 bits per heavy atom. The van der Waals surface area contributed by atoms with E-state index in [1.54, 1.807) is 0 Å². The molecule has 0 saturated heterocycles. The number of rotatable bonds is 6. The maximum Gasteiger partial charge on any atom is 0.417 e. The second-order valence-electron chi connectivity index (χ2n) is 4.18. The van der Waals surface area contributed by atoms with Crippen molar-refractivity contribution in [1.29, 1.82) is 0 Å². The molecule has 134 valence electrons. The molecule has 0 amide bonds. The number of hydrogen-bond donors (Lipinski definition) is 2. The van der Waals surface area contributed by atoms with Gasteiger partial charge in [0.1, 0.15) is 11.6 Å². The summed E-state index contributed by atoms with van der Waals surface area (Å²) in [5.41, 5.74) is -0.930. The summed E-state index contributed by atoms with van der Waals surface area (Å²) < 4.78 is 42.7. The minimum Gasteiger partial charge on any atom is -0.475 e. The fraction of sp³-hybridized carbons (Fsp3) is 0.429. The molecule has 5 nitrogen and oxygen atoms in total. The van der Waals surface area contributed by atoms with Crippen LogP contribution < -0.4 is 15.4 Å². The van der Waals surface area contributed by atoms with Crippen LogP contribution in [0.4, 0.5) is 13.2 Å². The smallest absolute Gasteiger partial charge is 0.417 e. The third-order valence-electron chi connectivity index (χ3n) is 2.44. The Morgan fingerprint density at radius 1 is 1.46 bits per heavy atom. The Balaban J connectivity index is 0.00000529. The molecule has 1 aromatic heterocycles. The molecular weight excluding hydrogens is 460 g/mol. The van der Waals surface area contributed by atoms with E-state index < -0.39 is 11.7 Å². The number of guanidine groups is 1. The summed E-state index contributed by atoms with van der Waals surface area (Å²) in [6, 6.07) is 0.770. The normalized spacial score (nSPS) is 11.2. The molecule has 0 atom stereocenters. The molecule has 0 bridgehead atoms. The van der Waals surface area contributed by atoms with Crippen molar-refractivity contribution in [2.45, 2.75) is 13.1 Å². The zero-order chi connectivity index (χ0) is 17.3. The van der Waals surface area contributed by atoms with E-state index in [1.807, 2.05) is 6.92 Å². The quantitative estimate of drug-likeness (QED) is 0.218.